The first-order valence-electron chi connectivity index (χ1n) is 7.37. The zero-order valence-electron chi connectivity index (χ0n) is 12.7. The topological polar surface area (TPSA) is 46.1 Å². The van der Waals surface area contributed by atoms with Crippen LogP contribution < -0.4 is 10.6 Å². The van der Waals surface area contributed by atoms with Crippen molar-refractivity contribution in [3.05, 3.63) is 59.9 Å². The average Bonchev–Trinajstić information content (AvgIpc) is 2.92. The Hall–Kier alpha value is -2.07. The molecule has 112 valence electrons. The molecule has 0 atom stereocenters. The van der Waals surface area contributed by atoms with Crippen molar-refractivity contribution in [1.82, 2.24) is 15.2 Å². The van der Waals surface area contributed by atoms with Crippen molar-refractivity contribution < 1.29 is 4.79 Å². The van der Waals surface area contributed by atoms with Crippen molar-refractivity contribution in [3.8, 4) is 0 Å². The van der Waals surface area contributed by atoms with Crippen molar-refractivity contribution in [2.45, 2.75) is 26.4 Å². The predicted molar refractivity (Wildman–Crippen MR) is 85.4 cm³/mol. The molecule has 0 radical (unpaired) electrons. The van der Waals surface area contributed by atoms with Crippen LogP contribution in [0.4, 0.5) is 0 Å². The summed E-state index contributed by atoms with van der Waals surface area (Å²) >= 11 is 0. The summed E-state index contributed by atoms with van der Waals surface area (Å²) in [5, 5.41) is 6.22. The van der Waals surface area contributed by atoms with Gasteiger partial charge in [-0.3, -0.25) is 4.79 Å². The molecular formula is C17H23N3O. The van der Waals surface area contributed by atoms with Gasteiger partial charge in [0.15, 0.2) is 0 Å². The van der Waals surface area contributed by atoms with Crippen LogP contribution in [-0.2, 0) is 6.54 Å². The fourth-order valence-corrected chi connectivity index (χ4v) is 2.17. The summed E-state index contributed by atoms with van der Waals surface area (Å²) in [5.74, 6) is -0.0264. The van der Waals surface area contributed by atoms with Gasteiger partial charge in [0, 0.05) is 31.9 Å². The second-order valence-electron chi connectivity index (χ2n) is 5.37. The standard InChI is InChI=1S/C17H23N3O/c1-14(2)18-10-11-19-17(21)16-9-6-12-20(16)13-15-7-4-3-5-8-15/h3-9,12,14,18H,10-11,13H2,1-2H3,(H,19,21). The van der Waals surface area contributed by atoms with E-state index >= 15 is 0 Å². The maximum Gasteiger partial charge on any atom is 0.267 e. The van der Waals surface area contributed by atoms with Crippen LogP contribution in [0, 0.1) is 0 Å². The number of carbonyl (C=O) groups is 1. The third-order valence-corrected chi connectivity index (χ3v) is 3.22. The van der Waals surface area contributed by atoms with Gasteiger partial charge >= 0.3 is 0 Å². The van der Waals surface area contributed by atoms with Gasteiger partial charge in [0.2, 0.25) is 0 Å². The van der Waals surface area contributed by atoms with Crippen molar-refractivity contribution in [2.75, 3.05) is 13.1 Å². The van der Waals surface area contributed by atoms with Crippen LogP contribution >= 0.6 is 0 Å². The highest BCUT2D eigenvalue weighted by atomic mass is 16.1. The highest BCUT2D eigenvalue weighted by Gasteiger charge is 2.10. The fraction of sp³-hybridized carbons (Fsp3) is 0.353. The monoisotopic (exact) mass is 285 g/mol. The minimum atomic E-state index is -0.0264. The maximum atomic E-state index is 12.2. The molecule has 21 heavy (non-hydrogen) atoms. The molecule has 0 aliphatic rings. The van der Waals surface area contributed by atoms with E-state index in [1.165, 1.54) is 5.56 Å². The molecule has 2 N–H and O–H groups in total. The van der Waals surface area contributed by atoms with E-state index in [1.807, 2.05) is 41.1 Å². The number of amides is 1. The molecule has 0 spiro atoms. The Bertz CT molecular complexity index is 560. The van der Waals surface area contributed by atoms with Crippen molar-refractivity contribution in [3.63, 3.8) is 0 Å². The molecule has 1 aromatic carbocycles. The smallest absolute Gasteiger partial charge is 0.267 e. The highest BCUT2D eigenvalue weighted by Crippen LogP contribution is 2.07. The van der Waals surface area contributed by atoms with Crippen molar-refractivity contribution >= 4 is 5.91 Å². The minimum absolute atomic E-state index is 0.0264. The number of nitrogens with zero attached hydrogens (tertiary/aromatic N) is 1. The lowest BCUT2D eigenvalue weighted by molar-refractivity contribution is 0.0945. The third kappa shape index (κ3) is 4.76. The largest absolute Gasteiger partial charge is 0.349 e. The molecule has 0 bridgehead atoms. The molecule has 0 saturated carbocycles. The van der Waals surface area contributed by atoms with Gasteiger partial charge in [-0.2, -0.15) is 0 Å². The molecule has 0 aliphatic heterocycles. The molecular weight excluding hydrogens is 262 g/mol. The van der Waals surface area contributed by atoms with Crippen LogP contribution in [0.1, 0.15) is 29.9 Å². The average molecular weight is 285 g/mol. The summed E-state index contributed by atoms with van der Waals surface area (Å²) in [5.41, 5.74) is 1.88. The molecule has 1 aromatic heterocycles. The zero-order chi connectivity index (χ0) is 15.1. The molecule has 4 nitrogen and oxygen atoms in total. The molecule has 2 rings (SSSR count). The van der Waals surface area contributed by atoms with E-state index in [2.05, 4.69) is 36.6 Å². The normalized spacial score (nSPS) is 10.8. The number of carbonyl (C=O) groups excluding carboxylic acids is 1. The minimum Gasteiger partial charge on any atom is -0.349 e. The van der Waals surface area contributed by atoms with Gasteiger partial charge in [-0.15, -0.1) is 0 Å². The summed E-state index contributed by atoms with van der Waals surface area (Å²) in [4.78, 5) is 12.2. The predicted octanol–water partition coefficient (Wildman–Crippen LogP) is 2.26. The van der Waals surface area contributed by atoms with Gasteiger partial charge < -0.3 is 15.2 Å². The quantitative estimate of drug-likeness (QED) is 0.767. The first-order valence-corrected chi connectivity index (χ1v) is 7.37. The summed E-state index contributed by atoms with van der Waals surface area (Å²) in [6.07, 6.45) is 1.94. The first kappa shape index (κ1) is 15.3. The Balaban J connectivity index is 1.92. The Morgan fingerprint density at radius 3 is 2.57 bits per heavy atom. The molecule has 2 aromatic rings. The van der Waals surface area contributed by atoms with E-state index in [0.717, 1.165) is 6.54 Å². The second kappa shape index (κ2) is 7.64. The van der Waals surface area contributed by atoms with Crippen LogP contribution in [0.3, 0.4) is 0 Å². The lowest BCUT2D eigenvalue weighted by Gasteiger charge is -2.11. The van der Waals surface area contributed by atoms with Crippen LogP contribution in [0.5, 0.6) is 0 Å². The third-order valence-electron chi connectivity index (χ3n) is 3.22. The van der Waals surface area contributed by atoms with E-state index in [-0.39, 0.29) is 5.91 Å². The first-order chi connectivity index (χ1) is 10.2. The Kier molecular flexibility index (Phi) is 5.58. The zero-order valence-corrected chi connectivity index (χ0v) is 12.7. The number of aromatic nitrogens is 1. The second-order valence-corrected chi connectivity index (χ2v) is 5.37. The van der Waals surface area contributed by atoms with E-state index in [0.29, 0.717) is 24.8 Å². The van der Waals surface area contributed by atoms with Gasteiger partial charge in [-0.05, 0) is 17.7 Å². The number of rotatable bonds is 7. The van der Waals surface area contributed by atoms with Gasteiger partial charge in [0.1, 0.15) is 5.69 Å². The van der Waals surface area contributed by atoms with Gasteiger partial charge in [0.25, 0.3) is 5.91 Å². The Labute approximate surface area is 126 Å². The summed E-state index contributed by atoms with van der Waals surface area (Å²) < 4.78 is 1.97. The number of hydrogen-bond acceptors (Lipinski definition) is 2. The summed E-state index contributed by atoms with van der Waals surface area (Å²) in [6, 6.07) is 14.3. The summed E-state index contributed by atoms with van der Waals surface area (Å²) in [6.45, 7) is 6.30. The molecule has 1 amide bonds. The SMILES string of the molecule is CC(C)NCCNC(=O)c1cccn1Cc1ccccc1. The van der Waals surface area contributed by atoms with Crippen LogP contribution in [0.15, 0.2) is 48.7 Å². The van der Waals surface area contributed by atoms with E-state index in [1.54, 1.807) is 0 Å². The molecule has 4 heteroatoms. The summed E-state index contributed by atoms with van der Waals surface area (Å²) in [7, 11) is 0. The van der Waals surface area contributed by atoms with E-state index in [9.17, 15) is 4.79 Å². The van der Waals surface area contributed by atoms with Crippen molar-refractivity contribution in [1.29, 1.82) is 0 Å². The molecule has 0 fully saturated rings. The van der Waals surface area contributed by atoms with Crippen LogP contribution in [0.2, 0.25) is 0 Å². The molecule has 0 aliphatic carbocycles. The lowest BCUT2D eigenvalue weighted by atomic mass is 10.2. The Morgan fingerprint density at radius 1 is 1.10 bits per heavy atom. The highest BCUT2D eigenvalue weighted by molar-refractivity contribution is 5.92. The van der Waals surface area contributed by atoms with Gasteiger partial charge in [-0.1, -0.05) is 44.2 Å². The van der Waals surface area contributed by atoms with E-state index < -0.39 is 0 Å². The van der Waals surface area contributed by atoms with Crippen molar-refractivity contribution in [2.24, 2.45) is 0 Å². The number of nitrogens with one attached hydrogen (secondary N) is 2. The Morgan fingerprint density at radius 2 is 1.86 bits per heavy atom. The lowest BCUT2D eigenvalue weighted by Crippen LogP contribution is -2.35. The molecule has 0 unspecified atom stereocenters. The van der Waals surface area contributed by atoms with Crippen LogP contribution in [0.25, 0.3) is 0 Å². The van der Waals surface area contributed by atoms with Gasteiger partial charge in [-0.25, -0.2) is 0 Å². The maximum absolute atomic E-state index is 12.2. The molecule has 1 heterocycles. The number of benzene rings is 1. The van der Waals surface area contributed by atoms with E-state index in [4.69, 9.17) is 0 Å². The fourth-order valence-electron chi connectivity index (χ4n) is 2.17. The van der Waals surface area contributed by atoms with Crippen LogP contribution in [-0.4, -0.2) is 29.6 Å². The molecule has 0 saturated heterocycles. The van der Waals surface area contributed by atoms with Gasteiger partial charge in [0.05, 0.1) is 0 Å². The number of hydrogen-bond donors (Lipinski definition) is 2.